The number of carbonyl (C=O) groups excluding carboxylic acids is 1. The van der Waals surface area contributed by atoms with Crippen LogP contribution in [-0.2, 0) is 10.3 Å². The maximum atomic E-state index is 12.3. The zero-order chi connectivity index (χ0) is 17.5. The minimum atomic E-state index is -1.20. The van der Waals surface area contributed by atoms with Crippen LogP contribution in [0.2, 0.25) is 0 Å². The summed E-state index contributed by atoms with van der Waals surface area (Å²) >= 11 is 0. The Morgan fingerprint density at radius 1 is 1.29 bits per heavy atom. The van der Waals surface area contributed by atoms with Crippen molar-refractivity contribution < 1.29 is 14.7 Å². The lowest BCUT2D eigenvalue weighted by molar-refractivity contribution is -0.146. The zero-order valence-electron chi connectivity index (χ0n) is 13.5. The van der Waals surface area contributed by atoms with E-state index in [1.54, 1.807) is 10.6 Å². The zero-order valence-corrected chi connectivity index (χ0v) is 13.5. The molecule has 3 heterocycles. The Hall–Kier alpha value is -3.16. The van der Waals surface area contributed by atoms with E-state index in [1.807, 2.05) is 25.3 Å². The highest BCUT2D eigenvalue weighted by Crippen LogP contribution is 2.18. The van der Waals surface area contributed by atoms with Gasteiger partial charge in [-0.2, -0.15) is 5.10 Å². The maximum absolute atomic E-state index is 12.3. The van der Waals surface area contributed by atoms with Crippen molar-refractivity contribution in [1.82, 2.24) is 19.2 Å². The fraction of sp³-hybridized carbons (Fsp3) is 0.250. The number of aryl methyl sites for hydroxylation is 1. The summed E-state index contributed by atoms with van der Waals surface area (Å²) in [5, 5.41) is 15.9. The number of nitrogens with one attached hydrogen (secondary N) is 1. The Labute approximate surface area is 137 Å². The minimum Gasteiger partial charge on any atom is -0.479 e. The topological polar surface area (TPSA) is 102 Å². The second-order valence-electron chi connectivity index (χ2n) is 6.09. The van der Waals surface area contributed by atoms with Crippen molar-refractivity contribution in [2.45, 2.75) is 26.3 Å². The molecule has 0 aliphatic heterocycles. The van der Waals surface area contributed by atoms with Crippen molar-refractivity contribution in [2.24, 2.45) is 0 Å². The van der Waals surface area contributed by atoms with Crippen molar-refractivity contribution in [3.63, 3.8) is 0 Å². The average molecular weight is 327 g/mol. The Morgan fingerprint density at radius 3 is 2.75 bits per heavy atom. The van der Waals surface area contributed by atoms with Gasteiger partial charge in [-0.3, -0.25) is 9.48 Å². The van der Waals surface area contributed by atoms with Crippen LogP contribution in [0.1, 0.15) is 29.9 Å². The molecule has 0 aliphatic carbocycles. The number of carbonyl (C=O) groups is 2. The van der Waals surface area contributed by atoms with Gasteiger partial charge in [-0.05, 0) is 38.5 Å². The average Bonchev–Trinajstić information content (AvgIpc) is 3.13. The molecule has 0 aliphatic rings. The second-order valence-corrected chi connectivity index (χ2v) is 6.09. The van der Waals surface area contributed by atoms with Gasteiger partial charge >= 0.3 is 5.97 Å². The minimum absolute atomic E-state index is 0.269. The molecule has 1 amide bonds. The predicted molar refractivity (Wildman–Crippen MR) is 87.1 cm³/mol. The molecule has 0 spiro atoms. The fourth-order valence-corrected chi connectivity index (χ4v) is 2.18. The first-order valence-corrected chi connectivity index (χ1v) is 7.32. The summed E-state index contributed by atoms with van der Waals surface area (Å²) in [7, 11) is 0. The first kappa shape index (κ1) is 15.7. The summed E-state index contributed by atoms with van der Waals surface area (Å²) < 4.78 is 3.05. The molecule has 0 fully saturated rings. The van der Waals surface area contributed by atoms with E-state index in [4.69, 9.17) is 0 Å². The maximum Gasteiger partial charge on any atom is 0.331 e. The van der Waals surface area contributed by atoms with Gasteiger partial charge in [0, 0.05) is 18.6 Å². The first-order chi connectivity index (χ1) is 11.3. The van der Waals surface area contributed by atoms with Gasteiger partial charge in [-0.15, -0.1) is 0 Å². The van der Waals surface area contributed by atoms with Crippen molar-refractivity contribution in [3.8, 4) is 0 Å². The summed E-state index contributed by atoms with van der Waals surface area (Å²) in [6.07, 6.45) is 6.35. The number of hydrogen-bond acceptors (Lipinski definition) is 4. The van der Waals surface area contributed by atoms with Gasteiger partial charge in [-0.25, -0.2) is 9.78 Å². The van der Waals surface area contributed by atoms with E-state index in [9.17, 15) is 14.7 Å². The normalized spacial score (nSPS) is 11.6. The number of amides is 1. The van der Waals surface area contributed by atoms with Gasteiger partial charge in [0.25, 0.3) is 5.91 Å². The number of imidazole rings is 1. The molecular weight excluding hydrogens is 310 g/mol. The van der Waals surface area contributed by atoms with E-state index in [0.717, 1.165) is 5.56 Å². The van der Waals surface area contributed by atoms with Crippen LogP contribution in [-0.4, -0.2) is 36.1 Å². The van der Waals surface area contributed by atoms with E-state index < -0.39 is 11.5 Å². The molecule has 8 nitrogen and oxygen atoms in total. The number of pyridine rings is 1. The third-order valence-electron chi connectivity index (χ3n) is 3.78. The Morgan fingerprint density at radius 2 is 2.04 bits per heavy atom. The molecule has 0 aromatic carbocycles. The third kappa shape index (κ3) is 2.73. The van der Waals surface area contributed by atoms with E-state index in [0.29, 0.717) is 11.3 Å². The predicted octanol–water partition coefficient (Wildman–Crippen LogP) is 1.91. The van der Waals surface area contributed by atoms with Gasteiger partial charge in [0.2, 0.25) is 0 Å². The van der Waals surface area contributed by atoms with Crippen LogP contribution in [0.15, 0.2) is 36.9 Å². The van der Waals surface area contributed by atoms with Gasteiger partial charge in [-0.1, -0.05) is 0 Å². The van der Waals surface area contributed by atoms with E-state index in [2.05, 4.69) is 15.4 Å². The van der Waals surface area contributed by atoms with E-state index >= 15 is 0 Å². The Balaban J connectivity index is 1.81. The van der Waals surface area contributed by atoms with Crippen LogP contribution < -0.4 is 5.32 Å². The number of nitrogens with zero attached hydrogens (tertiary/aromatic N) is 4. The lowest BCUT2D eigenvalue weighted by atomic mass is 10.1. The molecule has 3 aromatic rings. The molecule has 0 saturated carbocycles. The molecule has 0 bridgehead atoms. The fourth-order valence-electron chi connectivity index (χ4n) is 2.18. The largest absolute Gasteiger partial charge is 0.479 e. The third-order valence-corrected chi connectivity index (χ3v) is 3.78. The summed E-state index contributed by atoms with van der Waals surface area (Å²) in [6, 6.07) is 3.80. The molecule has 0 atom stereocenters. The van der Waals surface area contributed by atoms with Crippen molar-refractivity contribution in [3.05, 3.63) is 48.2 Å². The number of rotatable bonds is 4. The molecule has 8 heteroatoms. The van der Waals surface area contributed by atoms with Crippen LogP contribution >= 0.6 is 0 Å². The number of anilines is 1. The molecule has 3 rings (SSSR count). The van der Waals surface area contributed by atoms with Crippen LogP contribution in [0.4, 0.5) is 5.69 Å². The summed E-state index contributed by atoms with van der Waals surface area (Å²) in [5.74, 6) is -1.40. The van der Waals surface area contributed by atoms with Gasteiger partial charge < -0.3 is 14.8 Å². The van der Waals surface area contributed by atoms with E-state index in [-0.39, 0.29) is 11.6 Å². The molecule has 0 unspecified atom stereocenters. The first-order valence-electron chi connectivity index (χ1n) is 7.32. The summed E-state index contributed by atoms with van der Waals surface area (Å²) in [4.78, 5) is 27.8. The number of carboxylic acid groups (broad SMARTS) is 1. The van der Waals surface area contributed by atoms with Crippen LogP contribution in [0.25, 0.3) is 5.65 Å². The smallest absolute Gasteiger partial charge is 0.331 e. The molecule has 3 aromatic heterocycles. The quantitative estimate of drug-likeness (QED) is 0.762. The highest BCUT2D eigenvalue weighted by atomic mass is 16.4. The van der Waals surface area contributed by atoms with Crippen molar-refractivity contribution in [2.75, 3.05) is 5.32 Å². The van der Waals surface area contributed by atoms with E-state index in [1.165, 1.54) is 30.9 Å². The number of hydrogen-bond donors (Lipinski definition) is 2. The summed E-state index contributed by atoms with van der Waals surface area (Å²) in [5.41, 5.74) is 1.21. The molecular formula is C16H17N5O3. The van der Waals surface area contributed by atoms with Crippen molar-refractivity contribution in [1.29, 1.82) is 0 Å². The van der Waals surface area contributed by atoms with Crippen LogP contribution in [0.5, 0.6) is 0 Å². The SMILES string of the molecule is Cc1ccn2cc(C(=O)Nc3cnn(C(C)(C)C(=O)O)c3)nc2c1. The number of carboxylic acids is 1. The highest BCUT2D eigenvalue weighted by Gasteiger charge is 2.30. The summed E-state index contributed by atoms with van der Waals surface area (Å²) in [6.45, 7) is 5.00. The molecule has 24 heavy (non-hydrogen) atoms. The van der Waals surface area contributed by atoms with Crippen molar-refractivity contribution >= 4 is 23.2 Å². The number of aromatic nitrogens is 4. The van der Waals surface area contributed by atoms with Gasteiger partial charge in [0.15, 0.2) is 5.54 Å². The van der Waals surface area contributed by atoms with Crippen LogP contribution in [0.3, 0.4) is 0 Å². The Kier molecular flexibility index (Phi) is 3.59. The number of aliphatic carboxylic acids is 1. The number of fused-ring (bicyclic) bond motifs is 1. The molecule has 124 valence electrons. The highest BCUT2D eigenvalue weighted by molar-refractivity contribution is 6.03. The molecule has 0 saturated heterocycles. The van der Waals surface area contributed by atoms with Gasteiger partial charge in [0.1, 0.15) is 11.3 Å². The lowest BCUT2D eigenvalue weighted by Gasteiger charge is -2.19. The standard InChI is InChI=1S/C16H17N5O3/c1-10-4-5-20-9-12(19-13(20)6-10)14(22)18-11-7-17-21(8-11)16(2,3)15(23)24/h4-9H,1-3H3,(H,18,22)(H,23,24). The molecule has 2 N–H and O–H groups in total. The molecule has 0 radical (unpaired) electrons. The lowest BCUT2D eigenvalue weighted by Crippen LogP contribution is -2.35. The second kappa shape index (κ2) is 5.48. The Bertz CT molecular complexity index is 938. The monoisotopic (exact) mass is 327 g/mol. The van der Waals surface area contributed by atoms with Crippen LogP contribution in [0, 0.1) is 6.92 Å². The van der Waals surface area contributed by atoms with Gasteiger partial charge in [0.05, 0.1) is 11.9 Å².